The molecule has 0 bridgehead atoms. The average molecular weight is 289 g/mol. The summed E-state index contributed by atoms with van der Waals surface area (Å²) in [6, 6.07) is 5.93. The molecule has 0 spiro atoms. The van der Waals surface area contributed by atoms with Crippen LogP contribution in [-0.2, 0) is 14.8 Å². The molecule has 18 heavy (non-hydrogen) atoms. The van der Waals surface area contributed by atoms with Crippen molar-refractivity contribution in [2.45, 2.75) is 4.90 Å². The van der Waals surface area contributed by atoms with E-state index in [-0.39, 0.29) is 17.3 Å². The van der Waals surface area contributed by atoms with Gasteiger partial charge in [-0.3, -0.25) is 4.79 Å². The molecule has 0 radical (unpaired) electrons. The Kier molecular flexibility index (Phi) is 3.61. The Bertz CT molecular complexity index is 556. The predicted molar refractivity (Wildman–Crippen MR) is 67.8 cm³/mol. The summed E-state index contributed by atoms with van der Waals surface area (Å²) in [5, 5.41) is 0.475. The summed E-state index contributed by atoms with van der Waals surface area (Å²) < 4.78 is 25.7. The zero-order valence-corrected chi connectivity index (χ0v) is 11.4. The lowest BCUT2D eigenvalue weighted by molar-refractivity contribution is -0.132. The van der Waals surface area contributed by atoms with E-state index >= 15 is 0 Å². The van der Waals surface area contributed by atoms with Crippen LogP contribution in [0.1, 0.15) is 0 Å². The Labute approximate surface area is 111 Å². The molecule has 0 aromatic heterocycles. The first-order valence-electron chi connectivity index (χ1n) is 5.41. The van der Waals surface area contributed by atoms with Crippen LogP contribution in [0.4, 0.5) is 0 Å². The van der Waals surface area contributed by atoms with Crippen molar-refractivity contribution in [1.82, 2.24) is 9.21 Å². The third-order valence-electron chi connectivity index (χ3n) is 2.87. The maximum Gasteiger partial charge on any atom is 0.243 e. The molecular formula is C11H13ClN2O3S. The van der Waals surface area contributed by atoms with Crippen LogP contribution in [0.2, 0.25) is 5.02 Å². The van der Waals surface area contributed by atoms with Gasteiger partial charge in [-0.05, 0) is 24.3 Å². The van der Waals surface area contributed by atoms with E-state index in [1.54, 1.807) is 7.05 Å². The normalized spacial score (nSPS) is 18.1. The minimum atomic E-state index is -3.61. The predicted octanol–water partition coefficient (Wildman–Crippen LogP) is 0.803. The van der Waals surface area contributed by atoms with Crippen molar-refractivity contribution in [1.29, 1.82) is 0 Å². The molecule has 0 aliphatic carbocycles. The van der Waals surface area contributed by atoms with Gasteiger partial charge in [0, 0.05) is 25.2 Å². The Morgan fingerprint density at radius 3 is 2.33 bits per heavy atom. The van der Waals surface area contributed by atoms with Gasteiger partial charge in [-0.1, -0.05) is 11.6 Å². The van der Waals surface area contributed by atoms with E-state index in [0.717, 1.165) is 0 Å². The third kappa shape index (κ3) is 2.50. The van der Waals surface area contributed by atoms with Gasteiger partial charge in [0.05, 0.1) is 11.4 Å². The third-order valence-corrected chi connectivity index (χ3v) is 4.98. The van der Waals surface area contributed by atoms with Gasteiger partial charge in [-0.15, -0.1) is 0 Å². The first-order valence-corrected chi connectivity index (χ1v) is 7.23. The molecular weight excluding hydrogens is 276 g/mol. The van der Waals surface area contributed by atoms with Crippen LogP contribution in [0.3, 0.4) is 0 Å². The zero-order chi connectivity index (χ0) is 13.3. The number of nitrogens with zero attached hydrogens (tertiary/aromatic N) is 2. The van der Waals surface area contributed by atoms with Crippen LogP contribution in [0.5, 0.6) is 0 Å². The molecule has 1 amide bonds. The molecule has 1 aliphatic heterocycles. The molecule has 2 rings (SSSR count). The van der Waals surface area contributed by atoms with E-state index in [4.69, 9.17) is 11.6 Å². The first kappa shape index (κ1) is 13.3. The fourth-order valence-corrected chi connectivity index (χ4v) is 3.20. The lowest BCUT2D eigenvalue weighted by atomic mass is 10.4. The zero-order valence-electron chi connectivity index (χ0n) is 9.84. The summed E-state index contributed by atoms with van der Waals surface area (Å²) in [5.41, 5.74) is 0. The van der Waals surface area contributed by atoms with Crippen LogP contribution < -0.4 is 0 Å². The number of carbonyl (C=O) groups is 1. The fourth-order valence-electron chi connectivity index (χ4n) is 1.70. The standard InChI is InChI=1S/C11H13ClN2O3S/c1-13-6-7-14(8-11(13)15)18(16,17)10-4-2-9(12)3-5-10/h2-5H,6-8H2,1H3. The number of carbonyl (C=O) groups excluding carboxylic acids is 1. The number of rotatable bonds is 2. The highest BCUT2D eigenvalue weighted by molar-refractivity contribution is 7.89. The van der Waals surface area contributed by atoms with Gasteiger partial charge in [-0.2, -0.15) is 4.31 Å². The van der Waals surface area contributed by atoms with Crippen molar-refractivity contribution < 1.29 is 13.2 Å². The Balaban J connectivity index is 2.26. The molecule has 1 aromatic rings. The van der Waals surface area contributed by atoms with Gasteiger partial charge >= 0.3 is 0 Å². The van der Waals surface area contributed by atoms with Gasteiger partial charge in [0.15, 0.2) is 0 Å². The lowest BCUT2D eigenvalue weighted by Gasteiger charge is -2.31. The summed E-state index contributed by atoms with van der Waals surface area (Å²) in [4.78, 5) is 13.2. The van der Waals surface area contributed by atoms with Crippen molar-refractivity contribution in [3.8, 4) is 0 Å². The Morgan fingerprint density at radius 2 is 1.78 bits per heavy atom. The highest BCUT2D eigenvalue weighted by Crippen LogP contribution is 2.19. The monoisotopic (exact) mass is 288 g/mol. The topological polar surface area (TPSA) is 57.7 Å². The van der Waals surface area contributed by atoms with E-state index in [2.05, 4.69) is 0 Å². The molecule has 0 N–H and O–H groups in total. The van der Waals surface area contributed by atoms with E-state index in [0.29, 0.717) is 18.1 Å². The molecule has 1 aromatic carbocycles. The number of likely N-dealkylation sites (N-methyl/N-ethyl adjacent to an activating group) is 1. The number of piperazine rings is 1. The lowest BCUT2D eigenvalue weighted by Crippen LogP contribution is -2.50. The van der Waals surface area contributed by atoms with Crippen molar-refractivity contribution in [2.75, 3.05) is 26.7 Å². The number of hydrogen-bond donors (Lipinski definition) is 0. The summed E-state index contributed by atoms with van der Waals surface area (Å²) in [5.74, 6) is -0.196. The Morgan fingerprint density at radius 1 is 1.17 bits per heavy atom. The largest absolute Gasteiger partial charge is 0.343 e. The van der Waals surface area contributed by atoms with Crippen LogP contribution in [-0.4, -0.2) is 50.2 Å². The van der Waals surface area contributed by atoms with E-state index in [1.807, 2.05) is 0 Å². The van der Waals surface area contributed by atoms with Crippen LogP contribution in [0, 0.1) is 0 Å². The van der Waals surface area contributed by atoms with Gasteiger partial charge in [0.1, 0.15) is 0 Å². The van der Waals surface area contributed by atoms with Crippen molar-refractivity contribution in [2.24, 2.45) is 0 Å². The van der Waals surface area contributed by atoms with E-state index in [9.17, 15) is 13.2 Å². The second-order valence-electron chi connectivity index (χ2n) is 4.11. The molecule has 1 aliphatic rings. The average Bonchev–Trinajstić information content (AvgIpc) is 2.33. The maximum absolute atomic E-state index is 12.3. The number of amides is 1. The van der Waals surface area contributed by atoms with Gasteiger partial charge in [0.25, 0.3) is 0 Å². The molecule has 1 heterocycles. The van der Waals surface area contributed by atoms with Crippen molar-refractivity contribution >= 4 is 27.5 Å². The summed E-state index contributed by atoms with van der Waals surface area (Å²) in [6.07, 6.45) is 0. The van der Waals surface area contributed by atoms with E-state index in [1.165, 1.54) is 33.5 Å². The summed E-state index contributed by atoms with van der Waals surface area (Å²) >= 11 is 5.72. The number of hydrogen-bond acceptors (Lipinski definition) is 3. The number of sulfonamides is 1. The molecule has 1 fully saturated rings. The molecule has 1 saturated heterocycles. The second-order valence-corrected chi connectivity index (χ2v) is 6.48. The SMILES string of the molecule is CN1CCN(S(=O)(=O)c2ccc(Cl)cc2)CC1=O. The maximum atomic E-state index is 12.3. The molecule has 98 valence electrons. The highest BCUT2D eigenvalue weighted by Gasteiger charge is 2.31. The molecule has 7 heteroatoms. The van der Waals surface area contributed by atoms with Crippen LogP contribution in [0.15, 0.2) is 29.2 Å². The minimum absolute atomic E-state index is 0.110. The molecule has 5 nitrogen and oxygen atoms in total. The summed E-state index contributed by atoms with van der Waals surface area (Å²) in [6.45, 7) is 0.611. The van der Waals surface area contributed by atoms with Crippen LogP contribution >= 0.6 is 11.6 Å². The van der Waals surface area contributed by atoms with Gasteiger partial charge in [0.2, 0.25) is 15.9 Å². The Hall–Kier alpha value is -1.11. The first-order chi connectivity index (χ1) is 8.41. The minimum Gasteiger partial charge on any atom is -0.343 e. The number of benzene rings is 1. The molecule has 0 saturated carbocycles. The number of halogens is 1. The quantitative estimate of drug-likeness (QED) is 0.809. The van der Waals surface area contributed by atoms with Crippen LogP contribution in [0.25, 0.3) is 0 Å². The fraction of sp³-hybridized carbons (Fsp3) is 0.364. The second kappa shape index (κ2) is 4.87. The van der Waals surface area contributed by atoms with Gasteiger partial charge < -0.3 is 4.90 Å². The van der Waals surface area contributed by atoms with E-state index < -0.39 is 10.0 Å². The molecule has 0 unspecified atom stereocenters. The molecule has 0 atom stereocenters. The summed E-state index contributed by atoms with van der Waals surface area (Å²) in [7, 11) is -1.95. The smallest absolute Gasteiger partial charge is 0.243 e. The highest BCUT2D eigenvalue weighted by atomic mass is 35.5. The van der Waals surface area contributed by atoms with Crippen molar-refractivity contribution in [3.63, 3.8) is 0 Å². The van der Waals surface area contributed by atoms with Gasteiger partial charge in [-0.25, -0.2) is 8.42 Å². The van der Waals surface area contributed by atoms with Crippen molar-refractivity contribution in [3.05, 3.63) is 29.3 Å².